The highest BCUT2D eigenvalue weighted by molar-refractivity contribution is 7.98. The van der Waals surface area contributed by atoms with Gasteiger partial charge >= 0.3 is 0 Å². The number of carbonyl (C=O) groups is 1. The van der Waals surface area contributed by atoms with Crippen molar-refractivity contribution in [1.29, 1.82) is 0 Å². The first-order valence-corrected chi connectivity index (χ1v) is 11.3. The number of thioether (sulfide) groups is 1. The van der Waals surface area contributed by atoms with Crippen molar-refractivity contribution in [3.8, 4) is 5.75 Å². The Balaban J connectivity index is 1.52. The van der Waals surface area contributed by atoms with Gasteiger partial charge in [-0.3, -0.25) is 10.1 Å². The molecule has 4 rings (SSSR count). The van der Waals surface area contributed by atoms with Crippen LogP contribution in [0.25, 0.3) is 10.2 Å². The Hall–Kier alpha value is -2.84. The summed E-state index contributed by atoms with van der Waals surface area (Å²) in [6.45, 7) is 6.38. The number of aryl methyl sites for hydroxylation is 2. The number of ether oxygens (including phenoxy) is 1. The molecule has 8 heteroatoms. The van der Waals surface area contributed by atoms with Crippen LogP contribution in [0, 0.1) is 13.8 Å². The summed E-state index contributed by atoms with van der Waals surface area (Å²) in [4.78, 5) is 18.4. The summed E-state index contributed by atoms with van der Waals surface area (Å²) in [5.74, 6) is 2.11. The molecule has 30 heavy (non-hydrogen) atoms. The maximum Gasteiger partial charge on any atom is 0.258 e. The SMILES string of the molecule is CCOc1ccc2nc(NC(=O)c3ccccc3SCc3c(C)noc3C)sc2c1. The number of hydrogen-bond acceptors (Lipinski definition) is 7. The Morgan fingerprint density at radius 1 is 1.23 bits per heavy atom. The molecule has 1 N–H and O–H groups in total. The number of amides is 1. The number of fused-ring (bicyclic) bond motifs is 1. The van der Waals surface area contributed by atoms with Gasteiger partial charge in [-0.25, -0.2) is 4.98 Å². The highest BCUT2D eigenvalue weighted by Gasteiger charge is 2.16. The third-order valence-electron chi connectivity index (χ3n) is 4.58. The molecule has 2 aromatic heterocycles. The summed E-state index contributed by atoms with van der Waals surface area (Å²) in [5, 5.41) is 7.50. The van der Waals surface area contributed by atoms with Crippen LogP contribution in [0.15, 0.2) is 51.9 Å². The number of benzene rings is 2. The molecule has 0 unspecified atom stereocenters. The van der Waals surface area contributed by atoms with E-state index in [1.807, 2.05) is 63.2 Å². The van der Waals surface area contributed by atoms with E-state index in [0.29, 0.717) is 23.1 Å². The fraction of sp³-hybridized carbons (Fsp3) is 0.227. The van der Waals surface area contributed by atoms with Crippen molar-refractivity contribution in [3.05, 3.63) is 65.0 Å². The summed E-state index contributed by atoms with van der Waals surface area (Å²) in [6.07, 6.45) is 0. The maximum absolute atomic E-state index is 13.0. The Morgan fingerprint density at radius 3 is 2.83 bits per heavy atom. The quantitative estimate of drug-likeness (QED) is 0.364. The van der Waals surface area contributed by atoms with Gasteiger partial charge < -0.3 is 9.26 Å². The zero-order valence-corrected chi connectivity index (χ0v) is 18.5. The molecule has 0 fully saturated rings. The van der Waals surface area contributed by atoms with Crippen LogP contribution in [0.1, 0.15) is 34.3 Å². The molecule has 0 bridgehead atoms. The number of hydrogen-bond donors (Lipinski definition) is 1. The second-order valence-corrected chi connectivity index (χ2v) is 8.67. The fourth-order valence-corrected chi connectivity index (χ4v) is 5.11. The van der Waals surface area contributed by atoms with E-state index >= 15 is 0 Å². The van der Waals surface area contributed by atoms with Gasteiger partial charge in [0.15, 0.2) is 5.13 Å². The molecular formula is C22H21N3O3S2. The number of nitrogens with one attached hydrogen (secondary N) is 1. The van der Waals surface area contributed by atoms with Crippen LogP contribution in [0.5, 0.6) is 5.75 Å². The molecule has 0 aliphatic heterocycles. The van der Waals surface area contributed by atoms with E-state index in [0.717, 1.165) is 37.9 Å². The van der Waals surface area contributed by atoms with E-state index in [1.165, 1.54) is 11.3 Å². The number of anilines is 1. The van der Waals surface area contributed by atoms with Gasteiger partial charge in [-0.2, -0.15) is 0 Å². The Kier molecular flexibility index (Phi) is 6.06. The highest BCUT2D eigenvalue weighted by atomic mass is 32.2. The second kappa shape index (κ2) is 8.89. The number of rotatable bonds is 7. The average molecular weight is 440 g/mol. The third kappa shape index (κ3) is 4.34. The zero-order chi connectivity index (χ0) is 21.1. The summed E-state index contributed by atoms with van der Waals surface area (Å²) in [7, 11) is 0. The maximum atomic E-state index is 13.0. The van der Waals surface area contributed by atoms with Crippen LogP contribution < -0.4 is 10.1 Å². The lowest BCUT2D eigenvalue weighted by Crippen LogP contribution is -2.12. The van der Waals surface area contributed by atoms with Crippen molar-refractivity contribution in [2.75, 3.05) is 11.9 Å². The van der Waals surface area contributed by atoms with Crippen molar-refractivity contribution in [2.45, 2.75) is 31.4 Å². The highest BCUT2D eigenvalue weighted by Crippen LogP contribution is 2.32. The monoisotopic (exact) mass is 439 g/mol. The van der Waals surface area contributed by atoms with Crippen LogP contribution in [0.3, 0.4) is 0 Å². The molecule has 0 spiro atoms. The normalized spacial score (nSPS) is 11.0. The molecule has 6 nitrogen and oxygen atoms in total. The van der Waals surface area contributed by atoms with E-state index in [9.17, 15) is 4.79 Å². The summed E-state index contributed by atoms with van der Waals surface area (Å²) in [6, 6.07) is 13.3. The number of carbonyl (C=O) groups excluding carboxylic acids is 1. The zero-order valence-electron chi connectivity index (χ0n) is 16.9. The number of thiazole rings is 1. The van der Waals surface area contributed by atoms with Crippen LogP contribution >= 0.6 is 23.1 Å². The van der Waals surface area contributed by atoms with Crippen molar-refractivity contribution in [2.24, 2.45) is 0 Å². The van der Waals surface area contributed by atoms with Crippen molar-refractivity contribution < 1.29 is 14.1 Å². The first-order valence-electron chi connectivity index (χ1n) is 9.53. The summed E-state index contributed by atoms with van der Waals surface area (Å²) >= 11 is 3.02. The van der Waals surface area contributed by atoms with Gasteiger partial charge in [0.05, 0.1) is 28.1 Å². The van der Waals surface area contributed by atoms with E-state index in [4.69, 9.17) is 9.26 Å². The molecule has 0 aliphatic rings. The van der Waals surface area contributed by atoms with Gasteiger partial charge in [0.2, 0.25) is 0 Å². The van der Waals surface area contributed by atoms with Gasteiger partial charge in [0.25, 0.3) is 5.91 Å². The minimum Gasteiger partial charge on any atom is -0.494 e. The average Bonchev–Trinajstić information content (AvgIpc) is 3.28. The fourth-order valence-electron chi connectivity index (χ4n) is 3.02. The van der Waals surface area contributed by atoms with E-state index in [-0.39, 0.29) is 5.91 Å². The second-order valence-electron chi connectivity index (χ2n) is 6.62. The first-order chi connectivity index (χ1) is 14.5. The van der Waals surface area contributed by atoms with Crippen LogP contribution in [0.4, 0.5) is 5.13 Å². The predicted octanol–water partition coefficient (Wildman–Crippen LogP) is 5.84. The van der Waals surface area contributed by atoms with Gasteiger partial charge in [-0.05, 0) is 51.1 Å². The summed E-state index contributed by atoms with van der Waals surface area (Å²) in [5.41, 5.74) is 3.39. The topological polar surface area (TPSA) is 77.2 Å². The van der Waals surface area contributed by atoms with Crippen molar-refractivity contribution in [3.63, 3.8) is 0 Å². The van der Waals surface area contributed by atoms with Gasteiger partial charge in [0.1, 0.15) is 11.5 Å². The van der Waals surface area contributed by atoms with Gasteiger partial charge in [0, 0.05) is 16.2 Å². The molecule has 0 aliphatic carbocycles. The standard InChI is InChI=1S/C22H21N3O3S2/c1-4-27-15-9-10-18-20(11-15)30-22(23-18)24-21(26)16-7-5-6-8-19(16)29-12-17-13(2)25-28-14(17)3/h5-11H,4,12H2,1-3H3,(H,23,24,26). The molecule has 1 amide bonds. The first kappa shape index (κ1) is 20.4. The van der Waals surface area contributed by atoms with Gasteiger partial charge in [-0.15, -0.1) is 11.8 Å². The number of nitrogens with zero attached hydrogens (tertiary/aromatic N) is 2. The van der Waals surface area contributed by atoms with Crippen LogP contribution in [-0.4, -0.2) is 22.7 Å². The lowest BCUT2D eigenvalue weighted by molar-refractivity contribution is 0.102. The molecule has 2 heterocycles. The van der Waals surface area contributed by atoms with E-state index < -0.39 is 0 Å². The van der Waals surface area contributed by atoms with E-state index in [1.54, 1.807) is 11.8 Å². The van der Waals surface area contributed by atoms with Gasteiger partial charge in [-0.1, -0.05) is 28.6 Å². The minimum absolute atomic E-state index is 0.180. The molecule has 0 saturated carbocycles. The number of aromatic nitrogens is 2. The summed E-state index contributed by atoms with van der Waals surface area (Å²) < 4.78 is 11.7. The Morgan fingerprint density at radius 2 is 2.07 bits per heavy atom. The Bertz CT molecular complexity index is 1180. The van der Waals surface area contributed by atoms with Crippen molar-refractivity contribution >= 4 is 44.4 Å². The molecule has 0 radical (unpaired) electrons. The molecule has 4 aromatic rings. The van der Waals surface area contributed by atoms with Crippen LogP contribution in [0.2, 0.25) is 0 Å². The van der Waals surface area contributed by atoms with Crippen molar-refractivity contribution in [1.82, 2.24) is 10.1 Å². The van der Waals surface area contributed by atoms with E-state index in [2.05, 4.69) is 15.5 Å². The minimum atomic E-state index is -0.180. The largest absolute Gasteiger partial charge is 0.494 e. The molecule has 0 atom stereocenters. The predicted molar refractivity (Wildman–Crippen MR) is 121 cm³/mol. The molecule has 0 saturated heterocycles. The Labute approximate surface area is 182 Å². The molecule has 2 aromatic carbocycles. The smallest absolute Gasteiger partial charge is 0.258 e. The lowest BCUT2D eigenvalue weighted by Gasteiger charge is -2.08. The molecular weight excluding hydrogens is 418 g/mol. The third-order valence-corrected chi connectivity index (χ3v) is 6.61. The van der Waals surface area contributed by atoms with Crippen LogP contribution in [-0.2, 0) is 5.75 Å². The lowest BCUT2D eigenvalue weighted by atomic mass is 10.2. The molecule has 154 valence electrons.